The molecule has 1 aromatic heterocycles. The van der Waals surface area contributed by atoms with E-state index in [2.05, 4.69) is 15.3 Å². The molecule has 1 aliphatic carbocycles. The molecular weight excluding hydrogens is 564 g/mol. The molecule has 1 aromatic carbocycles. The van der Waals surface area contributed by atoms with E-state index in [1.807, 2.05) is 39.8 Å². The zero-order valence-corrected chi connectivity index (χ0v) is 27.2. The minimum absolute atomic E-state index is 0.0418. The van der Waals surface area contributed by atoms with Crippen molar-refractivity contribution in [1.29, 1.82) is 0 Å². The Balaban J connectivity index is 1.29. The van der Waals surface area contributed by atoms with Gasteiger partial charge in [-0.2, -0.15) is 0 Å². The third-order valence-corrected chi connectivity index (χ3v) is 9.07. The molecule has 11 heteroatoms. The largest absolute Gasteiger partial charge is 0.497 e. The third kappa shape index (κ3) is 7.60. The third-order valence-electron chi connectivity index (χ3n) is 9.07. The molecule has 1 saturated heterocycles. The van der Waals surface area contributed by atoms with Gasteiger partial charge in [-0.15, -0.1) is 0 Å². The van der Waals surface area contributed by atoms with Crippen molar-refractivity contribution in [3.8, 4) is 5.75 Å². The first-order valence-corrected chi connectivity index (χ1v) is 15.7. The number of hydrogen-bond donors (Lipinski definition) is 2. The lowest BCUT2D eigenvalue weighted by Crippen LogP contribution is -2.57. The van der Waals surface area contributed by atoms with Gasteiger partial charge in [0.2, 0.25) is 5.91 Å². The highest BCUT2D eigenvalue weighted by atomic mass is 16.6. The van der Waals surface area contributed by atoms with E-state index in [1.54, 1.807) is 25.2 Å². The van der Waals surface area contributed by atoms with Crippen molar-refractivity contribution in [2.24, 2.45) is 17.3 Å². The Morgan fingerprint density at radius 3 is 2.59 bits per heavy atom. The van der Waals surface area contributed by atoms with Crippen molar-refractivity contribution < 1.29 is 28.6 Å². The lowest BCUT2D eigenvalue weighted by molar-refractivity contribution is -0.141. The van der Waals surface area contributed by atoms with Gasteiger partial charge in [0.1, 0.15) is 23.1 Å². The van der Waals surface area contributed by atoms with Crippen LogP contribution in [-0.2, 0) is 25.5 Å². The lowest BCUT2D eigenvalue weighted by atomic mass is 9.85. The number of aromatic amines is 1. The van der Waals surface area contributed by atoms with Gasteiger partial charge in [-0.25, -0.2) is 9.78 Å². The molecule has 1 saturated carbocycles. The number of aromatic nitrogens is 2. The number of carbonyl (C=O) groups excluding carboxylic acids is 3. The van der Waals surface area contributed by atoms with Crippen molar-refractivity contribution in [2.45, 2.75) is 97.2 Å². The first-order valence-electron chi connectivity index (χ1n) is 15.7. The summed E-state index contributed by atoms with van der Waals surface area (Å²) in [6.45, 7) is 9.93. The average molecular weight is 613 g/mol. The van der Waals surface area contributed by atoms with Gasteiger partial charge in [-0.05, 0) is 62.5 Å². The fourth-order valence-corrected chi connectivity index (χ4v) is 6.52. The smallest absolute Gasteiger partial charge is 0.408 e. The van der Waals surface area contributed by atoms with Gasteiger partial charge in [-0.3, -0.25) is 14.4 Å². The number of amides is 2. The van der Waals surface area contributed by atoms with Crippen molar-refractivity contribution in [1.82, 2.24) is 20.2 Å². The summed E-state index contributed by atoms with van der Waals surface area (Å²) in [5.74, 6) is 0.591. The number of hydrogen-bond acceptors (Lipinski definition) is 8. The number of methoxy groups -OCH3 is 2. The molecular formula is C33H48N4O7. The Hall–Kier alpha value is -3.47. The number of ether oxygens (including phenoxy) is 3. The van der Waals surface area contributed by atoms with Crippen LogP contribution in [0.25, 0.3) is 11.0 Å². The molecule has 0 bridgehead atoms. The van der Waals surface area contributed by atoms with Crippen LogP contribution in [0.15, 0.2) is 23.0 Å². The number of Topliss-reactive ketones (excluding diaryl/α,β-unsaturated/α-hetero) is 1. The van der Waals surface area contributed by atoms with Gasteiger partial charge in [0.15, 0.2) is 5.78 Å². The molecule has 242 valence electrons. The number of benzene rings is 1. The monoisotopic (exact) mass is 612 g/mol. The maximum Gasteiger partial charge on any atom is 0.408 e. The van der Waals surface area contributed by atoms with Crippen molar-refractivity contribution in [3.63, 3.8) is 0 Å². The van der Waals surface area contributed by atoms with Crippen molar-refractivity contribution in [3.05, 3.63) is 34.2 Å². The predicted octanol–water partition coefficient (Wildman–Crippen LogP) is 4.41. The molecule has 1 aliphatic heterocycles. The molecule has 0 unspecified atom stereocenters. The molecule has 0 spiro atoms. The van der Waals surface area contributed by atoms with E-state index in [-0.39, 0.29) is 35.7 Å². The maximum absolute atomic E-state index is 13.6. The van der Waals surface area contributed by atoms with Crippen LogP contribution in [0.4, 0.5) is 4.79 Å². The summed E-state index contributed by atoms with van der Waals surface area (Å²) in [4.78, 5) is 60.7. The molecule has 2 heterocycles. The highest BCUT2D eigenvalue weighted by molar-refractivity contribution is 5.92. The fourth-order valence-electron chi connectivity index (χ4n) is 6.52. The van der Waals surface area contributed by atoms with E-state index in [0.717, 1.165) is 37.6 Å². The predicted molar refractivity (Wildman–Crippen MR) is 167 cm³/mol. The first-order chi connectivity index (χ1) is 20.8. The first kappa shape index (κ1) is 33.4. The summed E-state index contributed by atoms with van der Waals surface area (Å²) in [5, 5.41) is 2.84. The molecule has 0 radical (unpaired) electrons. The number of likely N-dealkylation sites (tertiary alicyclic amines) is 1. The Labute approximate surface area is 259 Å². The van der Waals surface area contributed by atoms with Crippen LogP contribution >= 0.6 is 0 Å². The number of unbranched alkanes of at least 4 members (excludes halogenated alkanes) is 2. The highest BCUT2D eigenvalue weighted by Crippen LogP contribution is 2.50. The molecule has 2 aliphatic rings. The molecule has 11 nitrogen and oxygen atoms in total. The second-order valence-corrected chi connectivity index (χ2v) is 13.6. The SMILES string of the molecule is COC[C@@]1(OC(=O)N[C@H](C(=O)N2CC[C@@H](C)[C@H]2C(C)=O)C(C)(C)C)C[C@H]1CCCCCc1nc2ccc(OC)cc2[nH]c1=O. The second kappa shape index (κ2) is 13.7. The fraction of sp³-hybridized carbons (Fsp3) is 0.667. The Bertz CT molecular complexity index is 1420. The van der Waals surface area contributed by atoms with Crippen LogP contribution in [0.2, 0.25) is 0 Å². The van der Waals surface area contributed by atoms with E-state index in [9.17, 15) is 19.2 Å². The van der Waals surface area contributed by atoms with E-state index in [4.69, 9.17) is 14.2 Å². The molecule has 5 atom stereocenters. The Morgan fingerprint density at radius 2 is 1.93 bits per heavy atom. The normalized spacial score (nSPS) is 23.8. The summed E-state index contributed by atoms with van der Waals surface area (Å²) >= 11 is 0. The van der Waals surface area contributed by atoms with Gasteiger partial charge in [0.25, 0.3) is 5.56 Å². The van der Waals surface area contributed by atoms with Crippen LogP contribution in [0, 0.1) is 17.3 Å². The molecule has 2 aromatic rings. The average Bonchev–Trinajstić information content (AvgIpc) is 3.45. The number of ketones is 1. The number of rotatable bonds is 13. The van der Waals surface area contributed by atoms with E-state index < -0.39 is 29.2 Å². The van der Waals surface area contributed by atoms with Crippen LogP contribution in [-0.4, -0.2) is 77.7 Å². The van der Waals surface area contributed by atoms with Gasteiger partial charge in [-0.1, -0.05) is 40.5 Å². The summed E-state index contributed by atoms with van der Waals surface area (Å²) < 4.78 is 16.6. The number of carbonyl (C=O) groups is 3. The number of nitrogens with zero attached hydrogens (tertiary/aromatic N) is 2. The molecule has 2 N–H and O–H groups in total. The second-order valence-electron chi connectivity index (χ2n) is 13.6. The zero-order valence-electron chi connectivity index (χ0n) is 27.2. The molecule has 44 heavy (non-hydrogen) atoms. The number of alkyl carbamates (subject to hydrolysis) is 1. The van der Waals surface area contributed by atoms with E-state index in [1.165, 1.54) is 6.92 Å². The minimum atomic E-state index is -0.840. The van der Waals surface area contributed by atoms with Crippen LogP contribution < -0.4 is 15.6 Å². The molecule has 2 fully saturated rings. The Kier molecular flexibility index (Phi) is 10.4. The van der Waals surface area contributed by atoms with Gasteiger partial charge >= 0.3 is 6.09 Å². The zero-order chi connectivity index (χ0) is 32.2. The number of H-pyrrole nitrogens is 1. The van der Waals surface area contributed by atoms with Crippen molar-refractivity contribution in [2.75, 3.05) is 27.4 Å². The number of fused-ring (bicyclic) bond motifs is 1. The van der Waals surface area contributed by atoms with Gasteiger partial charge in [0.05, 0.1) is 30.8 Å². The summed E-state index contributed by atoms with van der Waals surface area (Å²) in [6.07, 6.45) is 4.84. The molecule has 4 rings (SSSR count). The van der Waals surface area contributed by atoms with Crippen molar-refractivity contribution >= 4 is 28.8 Å². The summed E-state index contributed by atoms with van der Waals surface area (Å²) in [6, 6.07) is 4.10. The van der Waals surface area contributed by atoms with Gasteiger partial charge in [0, 0.05) is 25.6 Å². The summed E-state index contributed by atoms with van der Waals surface area (Å²) in [5.41, 5.74) is 0.386. The van der Waals surface area contributed by atoms with Crippen LogP contribution in [0.3, 0.4) is 0 Å². The quantitative estimate of drug-likeness (QED) is 0.317. The standard InChI is InChI=1S/C33H48N4O7/c1-20-15-16-37(27(20)21(2)38)30(40)28(32(3,4)5)36-31(41)44-33(19-42-6)18-22(33)11-9-8-10-12-25-29(39)35-26-17-23(43-7)13-14-24(26)34-25/h13-14,17,20,22,27-28H,8-12,15-16,18-19H2,1-7H3,(H,35,39)(H,36,41)/t20-,22-,27+,28-,33+/m1/s1. The van der Waals surface area contributed by atoms with Crippen LogP contribution in [0.5, 0.6) is 5.75 Å². The maximum atomic E-state index is 13.6. The van der Waals surface area contributed by atoms with Crippen LogP contribution in [0.1, 0.15) is 78.8 Å². The van der Waals surface area contributed by atoms with Gasteiger partial charge < -0.3 is 29.4 Å². The van der Waals surface area contributed by atoms with E-state index >= 15 is 0 Å². The molecule has 2 amide bonds. The number of aryl methyl sites for hydroxylation is 1. The highest BCUT2D eigenvalue weighted by Gasteiger charge is 2.58. The minimum Gasteiger partial charge on any atom is -0.497 e. The van der Waals surface area contributed by atoms with E-state index in [0.29, 0.717) is 36.3 Å². The summed E-state index contributed by atoms with van der Waals surface area (Å²) in [7, 11) is 3.16. The Morgan fingerprint density at radius 1 is 1.18 bits per heavy atom. The topological polar surface area (TPSA) is 140 Å². The lowest BCUT2D eigenvalue weighted by Gasteiger charge is -2.35. The number of nitrogens with one attached hydrogen (secondary N) is 2.